The Morgan fingerprint density at radius 3 is 2.77 bits per heavy atom. The Morgan fingerprint density at radius 1 is 1.41 bits per heavy atom. The van der Waals surface area contributed by atoms with Gasteiger partial charge in [0.05, 0.1) is 17.5 Å². The maximum absolute atomic E-state index is 12.3. The van der Waals surface area contributed by atoms with Crippen LogP contribution < -0.4 is 10.2 Å². The molecule has 0 aliphatic carbocycles. The predicted octanol–water partition coefficient (Wildman–Crippen LogP) is 0.933. The smallest absolute Gasteiger partial charge is 0.279 e. The average Bonchev–Trinajstić information content (AvgIpc) is 2.45. The van der Waals surface area contributed by atoms with Gasteiger partial charge in [0.25, 0.3) is 5.91 Å². The zero-order valence-corrected chi connectivity index (χ0v) is 13.8. The molecule has 2 rings (SSSR count). The Kier molecular flexibility index (Phi) is 6.25. The molecule has 1 aromatic carbocycles. The number of nitriles is 1. The molecule has 5 nitrogen and oxygen atoms in total. The van der Waals surface area contributed by atoms with Crippen molar-refractivity contribution in [3.05, 3.63) is 24.3 Å². The van der Waals surface area contributed by atoms with Crippen LogP contribution in [0.15, 0.2) is 29.2 Å². The number of thioether (sulfide) groups is 1. The standard InChI is InChI=1S/C16H21N3O2S/c1-12-9-19(10-13(2)21-12)11-16(20)18-14-5-3-4-6-15(14)22-8-7-17/h3-6,12-13H,8-11H2,1-2H3,(H,18,20)/p+1/t12-,13-/m1/s1. The van der Waals surface area contributed by atoms with Crippen molar-refractivity contribution in [3.8, 4) is 6.07 Å². The number of quaternary nitrogens is 1. The van der Waals surface area contributed by atoms with E-state index in [1.165, 1.54) is 16.7 Å². The van der Waals surface area contributed by atoms with Crippen molar-refractivity contribution in [1.29, 1.82) is 5.26 Å². The Hall–Kier alpha value is -1.55. The molecule has 0 radical (unpaired) electrons. The van der Waals surface area contributed by atoms with Gasteiger partial charge < -0.3 is 15.0 Å². The summed E-state index contributed by atoms with van der Waals surface area (Å²) >= 11 is 1.43. The summed E-state index contributed by atoms with van der Waals surface area (Å²) in [6, 6.07) is 9.69. The van der Waals surface area contributed by atoms with Crippen LogP contribution in [0.5, 0.6) is 0 Å². The maximum Gasteiger partial charge on any atom is 0.279 e. The Labute approximate surface area is 135 Å². The highest BCUT2D eigenvalue weighted by Crippen LogP contribution is 2.26. The second-order valence-corrected chi connectivity index (χ2v) is 6.60. The van der Waals surface area contributed by atoms with E-state index in [4.69, 9.17) is 10.00 Å². The summed E-state index contributed by atoms with van der Waals surface area (Å²) in [6.45, 7) is 6.23. The Balaban J connectivity index is 1.93. The zero-order chi connectivity index (χ0) is 15.9. The number of nitrogens with one attached hydrogen (secondary N) is 2. The van der Waals surface area contributed by atoms with E-state index >= 15 is 0 Å². The van der Waals surface area contributed by atoms with Crippen molar-refractivity contribution in [3.63, 3.8) is 0 Å². The topological polar surface area (TPSA) is 66.6 Å². The van der Waals surface area contributed by atoms with Crippen LogP contribution >= 0.6 is 11.8 Å². The van der Waals surface area contributed by atoms with Gasteiger partial charge in [-0.25, -0.2) is 0 Å². The summed E-state index contributed by atoms with van der Waals surface area (Å²) < 4.78 is 5.69. The SMILES string of the molecule is C[C@@H]1C[NH+](CC(=O)Nc2ccccc2SCC#N)C[C@@H](C)O1. The summed E-state index contributed by atoms with van der Waals surface area (Å²) in [5, 5.41) is 11.7. The van der Waals surface area contributed by atoms with Gasteiger partial charge in [-0.3, -0.25) is 4.79 Å². The number of rotatable bonds is 5. The predicted molar refractivity (Wildman–Crippen MR) is 87.0 cm³/mol. The third-order valence-electron chi connectivity index (χ3n) is 3.48. The molecule has 6 heteroatoms. The minimum atomic E-state index is 0.00121. The fourth-order valence-corrected chi connectivity index (χ4v) is 3.43. The first-order valence-electron chi connectivity index (χ1n) is 7.46. The number of benzene rings is 1. The molecule has 2 N–H and O–H groups in total. The Bertz CT molecular complexity index is 549. The number of nitrogens with zero attached hydrogens (tertiary/aromatic N) is 1. The molecule has 1 aromatic rings. The van der Waals surface area contributed by atoms with Crippen molar-refractivity contribution in [2.75, 3.05) is 30.7 Å². The first kappa shape index (κ1) is 16.8. The van der Waals surface area contributed by atoms with Crippen LogP contribution in [0.1, 0.15) is 13.8 Å². The molecular formula is C16H22N3O2S+. The second-order valence-electron chi connectivity index (χ2n) is 5.58. The van der Waals surface area contributed by atoms with Crippen molar-refractivity contribution in [2.24, 2.45) is 0 Å². The van der Waals surface area contributed by atoms with Gasteiger partial charge in [-0.05, 0) is 26.0 Å². The molecule has 118 valence electrons. The van der Waals surface area contributed by atoms with E-state index < -0.39 is 0 Å². The minimum absolute atomic E-state index is 0.00121. The lowest BCUT2D eigenvalue weighted by Crippen LogP contribution is -3.16. The largest absolute Gasteiger partial charge is 0.364 e. The molecule has 2 atom stereocenters. The molecule has 22 heavy (non-hydrogen) atoms. The van der Waals surface area contributed by atoms with Gasteiger partial charge in [-0.1, -0.05) is 12.1 Å². The summed E-state index contributed by atoms with van der Waals surface area (Å²) in [5.41, 5.74) is 0.779. The summed E-state index contributed by atoms with van der Waals surface area (Å²) in [4.78, 5) is 14.4. The number of amides is 1. The third kappa shape index (κ3) is 5.02. The van der Waals surface area contributed by atoms with Crippen LogP contribution in [-0.4, -0.2) is 43.5 Å². The van der Waals surface area contributed by atoms with E-state index in [1.807, 2.05) is 38.1 Å². The van der Waals surface area contributed by atoms with Gasteiger partial charge in [-0.2, -0.15) is 5.26 Å². The number of para-hydroxylation sites is 1. The van der Waals surface area contributed by atoms with Gasteiger partial charge >= 0.3 is 0 Å². The molecule has 1 aliphatic rings. The number of hydrogen-bond donors (Lipinski definition) is 2. The molecule has 0 saturated carbocycles. The first-order chi connectivity index (χ1) is 10.6. The third-order valence-corrected chi connectivity index (χ3v) is 4.42. The van der Waals surface area contributed by atoms with Gasteiger partial charge in [0, 0.05) is 4.90 Å². The number of ether oxygens (including phenoxy) is 1. The second kappa shape index (κ2) is 8.18. The molecule has 1 fully saturated rings. The van der Waals surface area contributed by atoms with Crippen LogP contribution in [0.4, 0.5) is 5.69 Å². The molecule has 1 amide bonds. The number of anilines is 1. The van der Waals surface area contributed by atoms with Crippen LogP contribution in [0.3, 0.4) is 0 Å². The van der Waals surface area contributed by atoms with E-state index in [9.17, 15) is 4.79 Å². The number of morpholine rings is 1. The normalized spacial score (nSPS) is 24.5. The van der Waals surface area contributed by atoms with Crippen molar-refractivity contribution < 1.29 is 14.4 Å². The van der Waals surface area contributed by atoms with Crippen molar-refractivity contribution >= 4 is 23.4 Å². The summed E-state index contributed by atoms with van der Waals surface area (Å²) in [5.74, 6) is 0.373. The lowest BCUT2D eigenvalue weighted by molar-refractivity contribution is -0.907. The lowest BCUT2D eigenvalue weighted by Gasteiger charge is -2.31. The fraction of sp³-hybridized carbons (Fsp3) is 0.500. The first-order valence-corrected chi connectivity index (χ1v) is 8.44. The average molecular weight is 320 g/mol. The van der Waals surface area contributed by atoms with E-state index in [0.717, 1.165) is 23.7 Å². The van der Waals surface area contributed by atoms with Gasteiger partial charge in [0.1, 0.15) is 25.3 Å². The summed E-state index contributed by atoms with van der Waals surface area (Å²) in [7, 11) is 0. The van der Waals surface area contributed by atoms with E-state index in [2.05, 4.69) is 11.4 Å². The van der Waals surface area contributed by atoms with Crippen molar-refractivity contribution in [2.45, 2.75) is 31.0 Å². The lowest BCUT2D eigenvalue weighted by atomic mass is 10.2. The summed E-state index contributed by atoms with van der Waals surface area (Å²) in [6.07, 6.45) is 0.370. The van der Waals surface area contributed by atoms with Crippen LogP contribution in [0.2, 0.25) is 0 Å². The molecule has 1 aliphatic heterocycles. The van der Waals surface area contributed by atoms with Crippen molar-refractivity contribution in [1.82, 2.24) is 0 Å². The highest BCUT2D eigenvalue weighted by Gasteiger charge is 2.27. The van der Waals surface area contributed by atoms with Crippen LogP contribution in [0, 0.1) is 11.3 Å². The molecule has 0 bridgehead atoms. The molecule has 0 unspecified atom stereocenters. The van der Waals surface area contributed by atoms with Crippen LogP contribution in [0.25, 0.3) is 0 Å². The molecular weight excluding hydrogens is 298 g/mol. The zero-order valence-electron chi connectivity index (χ0n) is 13.0. The van der Waals surface area contributed by atoms with Gasteiger partial charge in [-0.15, -0.1) is 11.8 Å². The molecule has 1 saturated heterocycles. The highest BCUT2D eigenvalue weighted by molar-refractivity contribution is 7.99. The van der Waals surface area contributed by atoms with Gasteiger partial charge in [0.2, 0.25) is 0 Å². The van der Waals surface area contributed by atoms with E-state index in [0.29, 0.717) is 12.3 Å². The highest BCUT2D eigenvalue weighted by atomic mass is 32.2. The van der Waals surface area contributed by atoms with E-state index in [1.54, 1.807) is 0 Å². The quantitative estimate of drug-likeness (QED) is 0.792. The monoisotopic (exact) mass is 320 g/mol. The minimum Gasteiger partial charge on any atom is -0.364 e. The molecule has 1 heterocycles. The van der Waals surface area contributed by atoms with Gasteiger partial charge in [0.15, 0.2) is 6.54 Å². The number of hydrogen-bond acceptors (Lipinski definition) is 4. The maximum atomic E-state index is 12.3. The van der Waals surface area contributed by atoms with Crippen LogP contribution in [-0.2, 0) is 9.53 Å². The number of carbonyl (C=O) groups excluding carboxylic acids is 1. The fourth-order valence-electron chi connectivity index (χ4n) is 2.76. The molecule has 0 aromatic heterocycles. The Morgan fingerprint density at radius 2 is 2.09 bits per heavy atom. The number of carbonyl (C=O) groups is 1. The molecule has 0 spiro atoms. The van der Waals surface area contributed by atoms with E-state index in [-0.39, 0.29) is 18.1 Å².